The van der Waals surface area contributed by atoms with Crippen LogP contribution in [0.25, 0.3) is 10.8 Å². The van der Waals surface area contributed by atoms with E-state index < -0.39 is 16.5 Å². The molecule has 7 nitrogen and oxygen atoms in total. The third-order valence-corrected chi connectivity index (χ3v) is 4.23. The first-order chi connectivity index (χ1) is 12.0. The zero-order chi connectivity index (χ0) is 18.1. The van der Waals surface area contributed by atoms with Gasteiger partial charge in [0.15, 0.2) is 0 Å². The van der Waals surface area contributed by atoms with Gasteiger partial charge in [0.1, 0.15) is 17.5 Å². The largest absolute Gasteiger partial charge is 0.384 e. The summed E-state index contributed by atoms with van der Waals surface area (Å²) in [4.78, 5) is 23.4. The van der Waals surface area contributed by atoms with Gasteiger partial charge < -0.3 is 5.73 Å². The quantitative estimate of drug-likeness (QED) is 0.584. The maximum Gasteiger partial charge on any atom is 0.270 e. The number of nitriles is 1. The van der Waals surface area contributed by atoms with Gasteiger partial charge in [0.25, 0.3) is 11.2 Å². The Balaban J connectivity index is 2.38. The van der Waals surface area contributed by atoms with Crippen LogP contribution < -0.4 is 11.3 Å². The Morgan fingerprint density at radius 1 is 1.20 bits per heavy atom. The summed E-state index contributed by atoms with van der Waals surface area (Å²) in [7, 11) is 0. The summed E-state index contributed by atoms with van der Waals surface area (Å²) in [5.74, 6) is 0.0465. The van der Waals surface area contributed by atoms with Gasteiger partial charge in [0.05, 0.1) is 16.4 Å². The van der Waals surface area contributed by atoms with Gasteiger partial charge in [-0.15, -0.1) is 0 Å². The number of aromatic nitrogens is 1. The molecule has 25 heavy (non-hydrogen) atoms. The lowest BCUT2D eigenvalue weighted by Gasteiger charge is -2.20. The summed E-state index contributed by atoms with van der Waals surface area (Å²) >= 11 is 0. The average Bonchev–Trinajstić information content (AvgIpc) is 2.62. The number of nitro groups is 1. The number of nitrogen functional groups attached to an aromatic ring is 1. The topological polar surface area (TPSA) is 115 Å². The molecule has 7 heteroatoms. The maximum absolute atomic E-state index is 13.0. The zero-order valence-electron chi connectivity index (χ0n) is 13.3. The number of nitro benzene ring substituents is 1. The molecule has 0 fully saturated rings. The van der Waals surface area contributed by atoms with E-state index in [0.29, 0.717) is 5.39 Å². The van der Waals surface area contributed by atoms with Crippen LogP contribution in [0, 0.1) is 21.4 Å². The molecule has 2 aromatic carbocycles. The van der Waals surface area contributed by atoms with E-state index in [1.165, 1.54) is 22.8 Å². The van der Waals surface area contributed by atoms with E-state index in [-0.39, 0.29) is 22.5 Å². The molecule has 0 spiro atoms. The second-order valence-corrected chi connectivity index (χ2v) is 5.62. The summed E-state index contributed by atoms with van der Waals surface area (Å²) in [5.41, 5.74) is 6.40. The molecule has 1 atom stereocenters. The molecule has 0 aliphatic carbocycles. The minimum absolute atomic E-state index is 0.0465. The van der Waals surface area contributed by atoms with Crippen LogP contribution in [0.3, 0.4) is 0 Å². The third kappa shape index (κ3) is 2.60. The number of nitrogens with two attached hydrogens (primary N) is 1. The van der Waals surface area contributed by atoms with Gasteiger partial charge in [0.2, 0.25) is 0 Å². The van der Waals surface area contributed by atoms with Gasteiger partial charge >= 0.3 is 0 Å². The molecule has 124 valence electrons. The Kier molecular flexibility index (Phi) is 3.95. The summed E-state index contributed by atoms with van der Waals surface area (Å²) in [5, 5.41) is 20.9. The first-order valence-electron chi connectivity index (χ1n) is 7.53. The minimum Gasteiger partial charge on any atom is -0.384 e. The summed E-state index contributed by atoms with van der Waals surface area (Å²) in [6.07, 6.45) is 0. The normalized spacial score (nSPS) is 11.8. The Morgan fingerprint density at radius 2 is 1.88 bits per heavy atom. The van der Waals surface area contributed by atoms with Gasteiger partial charge in [-0.25, -0.2) is 0 Å². The fraction of sp³-hybridized carbons (Fsp3) is 0.111. The number of non-ortho nitro benzene ring substituents is 1. The highest BCUT2D eigenvalue weighted by atomic mass is 16.6. The molecule has 0 amide bonds. The van der Waals surface area contributed by atoms with E-state index in [2.05, 4.69) is 0 Å². The molecular weight excluding hydrogens is 320 g/mol. The maximum atomic E-state index is 13.0. The molecule has 3 aromatic rings. The van der Waals surface area contributed by atoms with E-state index in [0.717, 1.165) is 5.56 Å². The van der Waals surface area contributed by atoms with E-state index in [1.54, 1.807) is 6.92 Å². The van der Waals surface area contributed by atoms with E-state index in [9.17, 15) is 20.2 Å². The van der Waals surface area contributed by atoms with Gasteiger partial charge in [-0.2, -0.15) is 5.26 Å². The lowest BCUT2D eigenvalue weighted by molar-refractivity contribution is -0.384. The van der Waals surface area contributed by atoms with Crippen molar-refractivity contribution in [2.24, 2.45) is 0 Å². The van der Waals surface area contributed by atoms with Crippen LogP contribution in [0.2, 0.25) is 0 Å². The van der Waals surface area contributed by atoms with Crippen molar-refractivity contribution in [2.75, 3.05) is 5.73 Å². The van der Waals surface area contributed by atoms with Gasteiger partial charge in [-0.1, -0.05) is 30.3 Å². The summed E-state index contributed by atoms with van der Waals surface area (Å²) < 4.78 is 1.31. The fourth-order valence-corrected chi connectivity index (χ4v) is 2.92. The second-order valence-electron chi connectivity index (χ2n) is 5.62. The van der Waals surface area contributed by atoms with E-state index in [1.807, 2.05) is 36.4 Å². The highest BCUT2D eigenvalue weighted by Crippen LogP contribution is 2.28. The van der Waals surface area contributed by atoms with Crippen molar-refractivity contribution < 1.29 is 4.92 Å². The molecule has 0 unspecified atom stereocenters. The average molecular weight is 334 g/mol. The monoisotopic (exact) mass is 334 g/mol. The summed E-state index contributed by atoms with van der Waals surface area (Å²) in [6.45, 7) is 1.79. The number of hydrogen-bond acceptors (Lipinski definition) is 5. The van der Waals surface area contributed by atoms with Gasteiger partial charge in [-0.05, 0) is 18.6 Å². The first kappa shape index (κ1) is 16.2. The van der Waals surface area contributed by atoms with E-state index >= 15 is 0 Å². The Hall–Kier alpha value is -3.66. The van der Waals surface area contributed by atoms with Crippen LogP contribution in [0.5, 0.6) is 0 Å². The van der Waals surface area contributed by atoms with Crippen LogP contribution in [-0.4, -0.2) is 9.49 Å². The number of nitrogens with zero attached hydrogens (tertiary/aromatic N) is 3. The van der Waals surface area contributed by atoms with Crippen LogP contribution in [-0.2, 0) is 0 Å². The molecule has 0 aliphatic heterocycles. The van der Waals surface area contributed by atoms with Crippen LogP contribution >= 0.6 is 0 Å². The summed E-state index contributed by atoms with van der Waals surface area (Å²) in [6, 6.07) is 14.6. The highest BCUT2D eigenvalue weighted by molar-refractivity contribution is 5.92. The number of rotatable bonds is 3. The first-order valence-corrected chi connectivity index (χ1v) is 7.53. The third-order valence-electron chi connectivity index (χ3n) is 4.23. The van der Waals surface area contributed by atoms with Crippen LogP contribution in [0.15, 0.2) is 53.3 Å². The van der Waals surface area contributed by atoms with Crippen molar-refractivity contribution in [1.29, 1.82) is 5.26 Å². The van der Waals surface area contributed by atoms with Crippen molar-refractivity contribution >= 4 is 22.3 Å². The molecule has 0 saturated carbocycles. The van der Waals surface area contributed by atoms with Crippen LogP contribution in [0.4, 0.5) is 11.5 Å². The molecule has 0 saturated heterocycles. The van der Waals surface area contributed by atoms with E-state index in [4.69, 9.17) is 5.73 Å². The van der Waals surface area contributed by atoms with Gasteiger partial charge in [0, 0.05) is 17.5 Å². The Morgan fingerprint density at radius 3 is 2.48 bits per heavy atom. The molecule has 0 radical (unpaired) electrons. The number of hydrogen-bond donors (Lipinski definition) is 1. The minimum atomic E-state index is -0.577. The number of anilines is 1. The smallest absolute Gasteiger partial charge is 0.270 e. The van der Waals surface area contributed by atoms with Crippen molar-refractivity contribution in [3.63, 3.8) is 0 Å². The SMILES string of the molecule is C[C@@H](c1ccccc1)n1c(N)c(C#N)c2ccc([N+](=O)[O-])cc2c1=O. The molecule has 0 aliphatic rings. The van der Waals surface area contributed by atoms with Crippen molar-refractivity contribution in [2.45, 2.75) is 13.0 Å². The predicted octanol–water partition coefficient (Wildman–Crippen LogP) is 2.97. The predicted molar refractivity (Wildman–Crippen MR) is 94.2 cm³/mol. The number of benzene rings is 2. The second kappa shape index (κ2) is 6.09. The van der Waals surface area contributed by atoms with Crippen LogP contribution in [0.1, 0.15) is 24.1 Å². The van der Waals surface area contributed by atoms with Gasteiger partial charge in [-0.3, -0.25) is 19.5 Å². The molecule has 2 N–H and O–H groups in total. The molecule has 3 rings (SSSR count). The van der Waals surface area contributed by atoms with Crippen molar-refractivity contribution in [3.8, 4) is 6.07 Å². The Bertz CT molecular complexity index is 1080. The van der Waals surface area contributed by atoms with Crippen molar-refractivity contribution in [3.05, 3.63) is 80.1 Å². The Labute approximate surface area is 142 Å². The fourth-order valence-electron chi connectivity index (χ4n) is 2.92. The standard InChI is InChI=1S/C18H14N4O3/c1-11(12-5-3-2-4-6-12)21-17(20)16(10-19)14-8-7-13(22(24)25)9-15(14)18(21)23/h2-9,11H,20H2,1H3/t11-/m0/s1. The highest BCUT2D eigenvalue weighted by Gasteiger charge is 2.21. The number of fused-ring (bicyclic) bond motifs is 1. The van der Waals surface area contributed by atoms with Crippen molar-refractivity contribution in [1.82, 2.24) is 4.57 Å². The lowest BCUT2D eigenvalue weighted by atomic mass is 10.0. The molecule has 1 heterocycles. The molecule has 1 aromatic heterocycles. The molecule has 0 bridgehead atoms. The lowest BCUT2D eigenvalue weighted by Crippen LogP contribution is -2.28. The zero-order valence-corrected chi connectivity index (χ0v) is 13.3. The number of pyridine rings is 1. The molecular formula is C18H14N4O3.